The summed E-state index contributed by atoms with van der Waals surface area (Å²) in [6, 6.07) is 15.8. The van der Waals surface area contributed by atoms with E-state index in [-0.39, 0.29) is 5.11 Å². The molecule has 2 aromatic carbocycles. The molecule has 0 bridgehead atoms. The number of nitrogens with zero attached hydrogens (tertiary/aromatic N) is 1. The first-order valence-corrected chi connectivity index (χ1v) is 6.94. The zero-order chi connectivity index (χ0) is 15.9. The van der Waals surface area contributed by atoms with Crippen LogP contribution in [-0.2, 0) is 0 Å². The van der Waals surface area contributed by atoms with Crippen LogP contribution in [0.3, 0.4) is 0 Å². The number of esters is 1. The smallest absolute Gasteiger partial charge is 0.343 e. The van der Waals surface area contributed by atoms with E-state index in [1.165, 1.54) is 0 Å². The Bertz CT molecular complexity index is 697. The van der Waals surface area contributed by atoms with E-state index < -0.39 is 5.97 Å². The molecule has 0 aliphatic heterocycles. The monoisotopic (exact) mass is 313 g/mol. The van der Waals surface area contributed by atoms with Crippen LogP contribution in [0.2, 0.25) is 0 Å². The highest BCUT2D eigenvalue weighted by molar-refractivity contribution is 7.80. The second-order valence-corrected chi connectivity index (χ2v) is 4.89. The Hall–Kier alpha value is -2.73. The van der Waals surface area contributed by atoms with Crippen molar-refractivity contribution < 1.29 is 9.53 Å². The fraction of sp³-hybridized carbons (Fsp3) is 0.0625. The first-order valence-electron chi connectivity index (χ1n) is 6.53. The van der Waals surface area contributed by atoms with Gasteiger partial charge in [-0.1, -0.05) is 18.2 Å². The van der Waals surface area contributed by atoms with E-state index in [1.54, 1.807) is 48.5 Å². The SMILES string of the molecule is C/C(=N\NC(N)=S)c1ccc(OC(=O)c2ccccc2)cc1. The van der Waals surface area contributed by atoms with Crippen molar-refractivity contribution in [3.05, 3.63) is 65.7 Å². The van der Waals surface area contributed by atoms with Gasteiger partial charge in [-0.25, -0.2) is 4.79 Å². The molecule has 0 unspecified atom stereocenters. The van der Waals surface area contributed by atoms with E-state index in [4.69, 9.17) is 10.5 Å². The third-order valence-electron chi connectivity index (χ3n) is 2.83. The first kappa shape index (κ1) is 15.7. The molecule has 3 N–H and O–H groups in total. The molecule has 2 rings (SSSR count). The average Bonchev–Trinajstić information content (AvgIpc) is 2.54. The lowest BCUT2D eigenvalue weighted by Gasteiger charge is -2.06. The van der Waals surface area contributed by atoms with E-state index in [0.717, 1.165) is 5.56 Å². The molecule has 0 saturated carbocycles. The Kier molecular flexibility index (Phi) is 5.21. The van der Waals surface area contributed by atoms with E-state index in [0.29, 0.717) is 17.0 Å². The van der Waals surface area contributed by atoms with Gasteiger partial charge in [0.05, 0.1) is 11.3 Å². The number of carbonyl (C=O) groups excluding carboxylic acids is 1. The fourth-order valence-electron chi connectivity index (χ4n) is 1.71. The minimum atomic E-state index is -0.395. The quantitative estimate of drug-likeness (QED) is 0.298. The molecule has 0 aliphatic carbocycles. The minimum absolute atomic E-state index is 0.104. The number of benzene rings is 2. The summed E-state index contributed by atoms with van der Waals surface area (Å²) in [6.07, 6.45) is 0. The summed E-state index contributed by atoms with van der Waals surface area (Å²) in [5.74, 6) is 0.0709. The Labute approximate surface area is 133 Å². The standard InChI is InChI=1S/C16H15N3O2S/c1-11(18-19-16(17)22)12-7-9-14(10-8-12)21-15(20)13-5-3-2-4-6-13/h2-10H,1H3,(H3,17,19,22)/b18-11+. The van der Waals surface area contributed by atoms with Crippen molar-refractivity contribution in [3.8, 4) is 5.75 Å². The lowest BCUT2D eigenvalue weighted by molar-refractivity contribution is 0.0735. The van der Waals surface area contributed by atoms with Crippen molar-refractivity contribution >= 4 is 29.0 Å². The average molecular weight is 313 g/mol. The summed E-state index contributed by atoms with van der Waals surface area (Å²) < 4.78 is 5.30. The molecule has 0 amide bonds. The van der Waals surface area contributed by atoms with Crippen LogP contribution in [0.4, 0.5) is 0 Å². The van der Waals surface area contributed by atoms with Crippen LogP contribution in [0.1, 0.15) is 22.8 Å². The molecule has 0 fully saturated rings. The summed E-state index contributed by atoms with van der Waals surface area (Å²) in [6.45, 7) is 1.82. The molecule has 2 aromatic rings. The Morgan fingerprint density at radius 3 is 2.32 bits per heavy atom. The van der Waals surface area contributed by atoms with Crippen molar-refractivity contribution in [1.82, 2.24) is 5.43 Å². The molecule has 0 radical (unpaired) electrons. The Balaban J connectivity index is 2.05. The summed E-state index contributed by atoms with van der Waals surface area (Å²) in [4.78, 5) is 11.9. The van der Waals surface area contributed by atoms with Crippen LogP contribution in [0.25, 0.3) is 0 Å². The summed E-state index contributed by atoms with van der Waals surface area (Å²) in [5, 5.41) is 4.13. The number of hydrogen-bond acceptors (Lipinski definition) is 4. The van der Waals surface area contributed by atoms with Crippen LogP contribution < -0.4 is 15.9 Å². The second-order valence-electron chi connectivity index (χ2n) is 4.45. The predicted octanol–water partition coefficient (Wildman–Crippen LogP) is 2.46. The number of nitrogens with two attached hydrogens (primary N) is 1. The molecule has 0 spiro atoms. The zero-order valence-electron chi connectivity index (χ0n) is 11.9. The number of hydrogen-bond donors (Lipinski definition) is 2. The molecule has 6 heteroatoms. The first-order chi connectivity index (χ1) is 10.6. The maximum absolute atomic E-state index is 11.9. The zero-order valence-corrected chi connectivity index (χ0v) is 12.8. The maximum atomic E-state index is 11.9. The topological polar surface area (TPSA) is 76.7 Å². The third kappa shape index (κ3) is 4.39. The molecule has 0 atom stereocenters. The number of nitrogens with one attached hydrogen (secondary N) is 1. The summed E-state index contributed by atoms with van der Waals surface area (Å²) in [5.41, 5.74) is 9.92. The van der Waals surface area contributed by atoms with Gasteiger partial charge in [0.2, 0.25) is 0 Å². The normalized spacial score (nSPS) is 10.9. The van der Waals surface area contributed by atoms with Gasteiger partial charge in [-0.05, 0) is 61.1 Å². The van der Waals surface area contributed by atoms with Crippen LogP contribution >= 0.6 is 12.2 Å². The molecule has 112 valence electrons. The Morgan fingerprint density at radius 1 is 1.09 bits per heavy atom. The van der Waals surface area contributed by atoms with Gasteiger partial charge in [-0.15, -0.1) is 0 Å². The lowest BCUT2D eigenvalue weighted by Crippen LogP contribution is -2.25. The fourth-order valence-corrected chi connectivity index (χ4v) is 1.75. The summed E-state index contributed by atoms with van der Waals surface area (Å²) in [7, 11) is 0. The summed E-state index contributed by atoms with van der Waals surface area (Å²) >= 11 is 4.68. The minimum Gasteiger partial charge on any atom is -0.423 e. The molecule has 22 heavy (non-hydrogen) atoms. The highest BCUT2D eigenvalue weighted by Crippen LogP contribution is 2.14. The van der Waals surface area contributed by atoms with Crippen molar-refractivity contribution in [2.75, 3.05) is 0 Å². The number of hydrazone groups is 1. The third-order valence-corrected chi connectivity index (χ3v) is 2.92. The van der Waals surface area contributed by atoms with E-state index in [2.05, 4.69) is 22.7 Å². The second kappa shape index (κ2) is 7.33. The molecular weight excluding hydrogens is 298 g/mol. The molecule has 0 aliphatic rings. The number of carbonyl (C=O) groups is 1. The molecule has 0 saturated heterocycles. The largest absolute Gasteiger partial charge is 0.423 e. The van der Waals surface area contributed by atoms with Crippen LogP contribution in [0, 0.1) is 0 Å². The van der Waals surface area contributed by atoms with Gasteiger partial charge in [0.1, 0.15) is 5.75 Å². The molecular formula is C16H15N3O2S. The van der Waals surface area contributed by atoms with Gasteiger partial charge >= 0.3 is 5.97 Å². The molecule has 0 aromatic heterocycles. The van der Waals surface area contributed by atoms with Crippen molar-refractivity contribution in [2.24, 2.45) is 10.8 Å². The number of ether oxygens (including phenoxy) is 1. The number of thiocarbonyl (C=S) groups is 1. The van der Waals surface area contributed by atoms with Crippen LogP contribution in [0.5, 0.6) is 5.75 Å². The maximum Gasteiger partial charge on any atom is 0.343 e. The van der Waals surface area contributed by atoms with Crippen LogP contribution in [-0.4, -0.2) is 16.8 Å². The van der Waals surface area contributed by atoms with Crippen molar-refractivity contribution in [2.45, 2.75) is 6.92 Å². The highest BCUT2D eigenvalue weighted by atomic mass is 32.1. The van der Waals surface area contributed by atoms with Gasteiger partial charge in [0, 0.05) is 0 Å². The molecule has 5 nitrogen and oxygen atoms in total. The predicted molar refractivity (Wildman–Crippen MR) is 90.0 cm³/mol. The molecule has 0 heterocycles. The van der Waals surface area contributed by atoms with E-state index in [1.807, 2.05) is 13.0 Å². The van der Waals surface area contributed by atoms with E-state index >= 15 is 0 Å². The highest BCUT2D eigenvalue weighted by Gasteiger charge is 2.07. The van der Waals surface area contributed by atoms with Gasteiger partial charge < -0.3 is 10.5 Å². The van der Waals surface area contributed by atoms with Crippen molar-refractivity contribution in [3.63, 3.8) is 0 Å². The van der Waals surface area contributed by atoms with Crippen molar-refractivity contribution in [1.29, 1.82) is 0 Å². The van der Waals surface area contributed by atoms with Crippen LogP contribution in [0.15, 0.2) is 59.7 Å². The Morgan fingerprint density at radius 2 is 1.73 bits per heavy atom. The lowest BCUT2D eigenvalue weighted by atomic mass is 10.1. The number of rotatable bonds is 4. The van der Waals surface area contributed by atoms with Gasteiger partial charge in [0.25, 0.3) is 0 Å². The van der Waals surface area contributed by atoms with Gasteiger partial charge in [0.15, 0.2) is 5.11 Å². The van der Waals surface area contributed by atoms with E-state index in [9.17, 15) is 4.79 Å². The van der Waals surface area contributed by atoms with Gasteiger partial charge in [-0.3, -0.25) is 5.43 Å². The van der Waals surface area contributed by atoms with Gasteiger partial charge in [-0.2, -0.15) is 5.10 Å².